The van der Waals surface area contributed by atoms with E-state index in [2.05, 4.69) is 47.5 Å². The number of esters is 1. The van der Waals surface area contributed by atoms with E-state index in [0.717, 1.165) is 41.4 Å². The lowest BCUT2D eigenvalue weighted by Gasteiger charge is -2.32. The van der Waals surface area contributed by atoms with Gasteiger partial charge in [0, 0.05) is 23.5 Å². The quantitative estimate of drug-likeness (QED) is 0.427. The average molecular weight is 437 g/mol. The number of hydrogen-bond acceptors (Lipinski definition) is 4. The van der Waals surface area contributed by atoms with Crippen molar-refractivity contribution < 1.29 is 9.53 Å². The molecule has 0 saturated carbocycles. The average Bonchev–Trinajstić information content (AvgIpc) is 3.15. The number of fused-ring (bicyclic) bond motifs is 1. The summed E-state index contributed by atoms with van der Waals surface area (Å²) in [7, 11) is 1.40. The molecule has 0 amide bonds. The van der Waals surface area contributed by atoms with Gasteiger partial charge in [-0.25, -0.2) is 4.79 Å². The zero-order chi connectivity index (χ0) is 21.1. The molecule has 154 valence electrons. The van der Waals surface area contributed by atoms with Crippen LogP contribution in [0, 0.1) is 6.92 Å². The van der Waals surface area contributed by atoms with Crippen LogP contribution in [0.25, 0.3) is 0 Å². The first-order valence-electron chi connectivity index (χ1n) is 9.98. The van der Waals surface area contributed by atoms with Gasteiger partial charge in [-0.05, 0) is 55.2 Å². The molecule has 1 aromatic heterocycles. The number of ether oxygens (including phenoxy) is 1. The van der Waals surface area contributed by atoms with Crippen molar-refractivity contribution in [3.05, 3.63) is 81.7 Å². The predicted octanol–water partition coefficient (Wildman–Crippen LogP) is 5.58. The van der Waals surface area contributed by atoms with Crippen LogP contribution >= 0.6 is 23.6 Å². The minimum absolute atomic E-state index is 0.356. The van der Waals surface area contributed by atoms with Crippen molar-refractivity contribution in [1.82, 2.24) is 0 Å². The van der Waals surface area contributed by atoms with Crippen molar-refractivity contribution in [1.29, 1.82) is 0 Å². The van der Waals surface area contributed by atoms with Gasteiger partial charge in [0.2, 0.25) is 0 Å². The molecule has 0 spiro atoms. The first kappa shape index (κ1) is 20.6. The smallest absolute Gasteiger partial charge is 0.340 e. The Morgan fingerprint density at radius 1 is 1.20 bits per heavy atom. The Hall–Kier alpha value is -2.70. The number of carbonyl (C=O) groups excluding carboxylic acids is 1. The lowest BCUT2D eigenvalue weighted by molar-refractivity contribution is 0.0602. The standard InChI is InChI=1S/C24H24N2O2S2/c1-16-10-11-21-18(13-16)9-6-12-26(21)24(29)25-22-20(23(27)28-2)15-19(30-22)14-17-7-4-3-5-8-17/h3-5,7-8,10-11,13,15H,6,9,12,14H2,1-2H3,(H,25,29). The molecule has 1 N–H and O–H groups in total. The fourth-order valence-electron chi connectivity index (χ4n) is 3.78. The second kappa shape index (κ2) is 8.98. The molecule has 1 aliphatic rings. The highest BCUT2D eigenvalue weighted by atomic mass is 32.1. The molecule has 6 heteroatoms. The van der Waals surface area contributed by atoms with Gasteiger partial charge < -0.3 is 15.0 Å². The zero-order valence-corrected chi connectivity index (χ0v) is 18.7. The highest BCUT2D eigenvalue weighted by Gasteiger charge is 2.23. The van der Waals surface area contributed by atoms with Gasteiger partial charge >= 0.3 is 5.97 Å². The maximum Gasteiger partial charge on any atom is 0.340 e. The number of nitrogens with zero attached hydrogens (tertiary/aromatic N) is 1. The molecule has 4 nitrogen and oxygen atoms in total. The fourth-order valence-corrected chi connectivity index (χ4v) is 5.22. The third-order valence-corrected chi connectivity index (χ3v) is 6.60. The molecule has 0 aliphatic carbocycles. The third-order valence-electron chi connectivity index (χ3n) is 5.23. The van der Waals surface area contributed by atoms with Crippen LogP contribution in [-0.4, -0.2) is 24.7 Å². The summed E-state index contributed by atoms with van der Waals surface area (Å²) in [5.74, 6) is -0.356. The molecular weight excluding hydrogens is 412 g/mol. The number of aryl methyl sites for hydroxylation is 2. The van der Waals surface area contributed by atoms with Gasteiger partial charge in [0.15, 0.2) is 5.11 Å². The van der Waals surface area contributed by atoms with Crippen molar-refractivity contribution in [3.8, 4) is 0 Å². The Morgan fingerprint density at radius 2 is 2.00 bits per heavy atom. The van der Waals surface area contributed by atoms with E-state index < -0.39 is 0 Å². The van der Waals surface area contributed by atoms with Crippen LogP contribution in [0.2, 0.25) is 0 Å². The van der Waals surface area contributed by atoms with Gasteiger partial charge in [0.1, 0.15) is 5.00 Å². The molecule has 1 aliphatic heterocycles. The molecule has 0 radical (unpaired) electrons. The summed E-state index contributed by atoms with van der Waals surface area (Å²) in [6.45, 7) is 2.97. The van der Waals surface area contributed by atoms with E-state index in [4.69, 9.17) is 17.0 Å². The topological polar surface area (TPSA) is 41.6 Å². The van der Waals surface area contributed by atoms with Gasteiger partial charge in [-0.1, -0.05) is 48.0 Å². The maximum atomic E-state index is 12.4. The molecule has 0 bridgehead atoms. The van der Waals surface area contributed by atoms with E-state index in [1.807, 2.05) is 24.3 Å². The van der Waals surface area contributed by atoms with Gasteiger partial charge in [-0.2, -0.15) is 0 Å². The number of anilines is 2. The molecule has 2 heterocycles. The number of rotatable bonds is 4. The van der Waals surface area contributed by atoms with E-state index in [0.29, 0.717) is 10.7 Å². The second-order valence-corrected chi connectivity index (χ2v) is 8.95. The fraction of sp³-hybridized carbons (Fsp3) is 0.250. The number of carbonyl (C=O) groups is 1. The van der Waals surface area contributed by atoms with Crippen LogP contribution in [0.3, 0.4) is 0 Å². The van der Waals surface area contributed by atoms with Gasteiger partial charge in [-0.3, -0.25) is 0 Å². The minimum Gasteiger partial charge on any atom is -0.465 e. The van der Waals surface area contributed by atoms with E-state index in [-0.39, 0.29) is 5.97 Å². The normalized spacial score (nSPS) is 12.9. The first-order valence-corrected chi connectivity index (χ1v) is 11.2. The highest BCUT2D eigenvalue weighted by molar-refractivity contribution is 7.80. The van der Waals surface area contributed by atoms with Crippen LogP contribution in [0.15, 0.2) is 54.6 Å². The first-order chi connectivity index (χ1) is 14.5. The summed E-state index contributed by atoms with van der Waals surface area (Å²) in [5, 5.41) is 4.67. The number of thiocarbonyl (C=S) groups is 1. The second-order valence-electron chi connectivity index (χ2n) is 7.43. The number of thiophene rings is 1. The maximum absolute atomic E-state index is 12.4. The molecule has 0 saturated heterocycles. The largest absolute Gasteiger partial charge is 0.465 e. The Morgan fingerprint density at radius 3 is 2.77 bits per heavy atom. The van der Waals surface area contributed by atoms with Gasteiger partial charge in [0.25, 0.3) is 0 Å². The predicted molar refractivity (Wildman–Crippen MR) is 128 cm³/mol. The molecule has 2 aromatic carbocycles. The van der Waals surface area contributed by atoms with Crippen molar-refractivity contribution in [2.24, 2.45) is 0 Å². The van der Waals surface area contributed by atoms with Crippen LogP contribution in [-0.2, 0) is 17.6 Å². The van der Waals surface area contributed by atoms with Crippen molar-refractivity contribution >= 4 is 45.3 Å². The Labute approximate surface area is 186 Å². The van der Waals surface area contributed by atoms with E-state index in [9.17, 15) is 4.79 Å². The van der Waals surface area contributed by atoms with Gasteiger partial charge in [-0.15, -0.1) is 11.3 Å². The summed E-state index contributed by atoms with van der Waals surface area (Å²) in [4.78, 5) is 15.6. The molecule has 3 aromatic rings. The monoisotopic (exact) mass is 436 g/mol. The molecule has 0 fully saturated rings. The SMILES string of the molecule is COC(=O)c1cc(Cc2ccccc2)sc1NC(=S)N1CCCc2cc(C)ccc21. The number of methoxy groups -OCH3 is 1. The molecule has 4 rings (SSSR count). The van der Waals surface area contributed by atoms with Crippen molar-refractivity contribution in [2.75, 3.05) is 23.9 Å². The lowest BCUT2D eigenvalue weighted by Crippen LogP contribution is -2.38. The van der Waals surface area contributed by atoms with E-state index >= 15 is 0 Å². The Kier molecular flexibility index (Phi) is 6.16. The minimum atomic E-state index is -0.356. The van der Waals surface area contributed by atoms with Crippen molar-refractivity contribution in [2.45, 2.75) is 26.2 Å². The molecular formula is C24H24N2O2S2. The number of benzene rings is 2. The third kappa shape index (κ3) is 4.40. The molecule has 0 atom stereocenters. The summed E-state index contributed by atoms with van der Waals surface area (Å²) < 4.78 is 5.01. The van der Waals surface area contributed by atoms with Gasteiger partial charge in [0.05, 0.1) is 12.7 Å². The number of nitrogens with one attached hydrogen (secondary N) is 1. The van der Waals surface area contributed by atoms with E-state index in [1.165, 1.54) is 23.8 Å². The highest BCUT2D eigenvalue weighted by Crippen LogP contribution is 2.33. The van der Waals surface area contributed by atoms with E-state index in [1.54, 1.807) is 11.3 Å². The summed E-state index contributed by atoms with van der Waals surface area (Å²) in [6.07, 6.45) is 2.87. The molecule has 0 unspecified atom stereocenters. The van der Waals surface area contributed by atoms with Crippen LogP contribution in [0.4, 0.5) is 10.7 Å². The summed E-state index contributed by atoms with van der Waals surface area (Å²) >= 11 is 7.30. The Balaban J connectivity index is 1.59. The van der Waals surface area contributed by atoms with Crippen LogP contribution in [0.1, 0.15) is 38.3 Å². The summed E-state index contributed by atoms with van der Waals surface area (Å²) in [6, 6.07) is 18.6. The molecule has 30 heavy (non-hydrogen) atoms. The zero-order valence-electron chi connectivity index (χ0n) is 17.1. The van der Waals surface area contributed by atoms with Crippen LogP contribution < -0.4 is 10.2 Å². The van der Waals surface area contributed by atoms with Crippen molar-refractivity contribution in [3.63, 3.8) is 0 Å². The summed E-state index contributed by atoms with van der Waals surface area (Å²) in [5.41, 5.74) is 5.44. The Bertz CT molecular complexity index is 1080. The van der Waals surface area contributed by atoms with Crippen LogP contribution in [0.5, 0.6) is 0 Å². The lowest BCUT2D eigenvalue weighted by atomic mass is 10.00. The number of hydrogen-bond donors (Lipinski definition) is 1.